The maximum absolute atomic E-state index is 12.4. The van der Waals surface area contributed by atoms with Crippen molar-refractivity contribution in [3.8, 4) is 5.69 Å². The van der Waals surface area contributed by atoms with Gasteiger partial charge in [-0.05, 0) is 48.0 Å². The Labute approximate surface area is 182 Å². The van der Waals surface area contributed by atoms with E-state index in [2.05, 4.69) is 25.5 Å². The third-order valence-electron chi connectivity index (χ3n) is 4.66. The SMILES string of the molecule is COC(=O)/C(=C(/O)CSc1nnnn1-c1ccc(C)cc1C)c1nc2ccccc2[nH]1. The number of nitrogens with one attached hydrogen (secondary N) is 1. The number of aromatic amines is 1. The number of fused-ring (bicyclic) bond motifs is 1. The summed E-state index contributed by atoms with van der Waals surface area (Å²) in [6.45, 7) is 3.99. The fraction of sp³-hybridized carbons (Fsp3) is 0.190. The van der Waals surface area contributed by atoms with Crippen molar-refractivity contribution in [2.45, 2.75) is 19.0 Å². The van der Waals surface area contributed by atoms with E-state index in [1.807, 2.05) is 56.3 Å². The summed E-state index contributed by atoms with van der Waals surface area (Å²) >= 11 is 1.20. The smallest absolute Gasteiger partial charge is 0.345 e. The predicted molar refractivity (Wildman–Crippen MR) is 117 cm³/mol. The Morgan fingerprint density at radius 2 is 2.03 bits per heavy atom. The standard InChI is InChI=1S/C21H20N6O3S/c1-12-8-9-16(13(2)10-12)27-21(24-25-26-27)31-11-17(28)18(20(29)30-3)19-22-14-6-4-5-7-15(14)23-19/h4-10,28H,11H2,1-3H3,(H,22,23)/b18-17+. The molecule has 0 amide bonds. The summed E-state index contributed by atoms with van der Waals surface area (Å²) in [5.41, 5.74) is 4.39. The molecular formula is C21H20N6O3S. The van der Waals surface area contributed by atoms with Gasteiger partial charge < -0.3 is 14.8 Å². The molecule has 2 aromatic carbocycles. The van der Waals surface area contributed by atoms with Gasteiger partial charge >= 0.3 is 5.97 Å². The van der Waals surface area contributed by atoms with E-state index < -0.39 is 5.97 Å². The van der Waals surface area contributed by atoms with Gasteiger partial charge in [0.25, 0.3) is 0 Å². The number of ether oxygens (including phenoxy) is 1. The van der Waals surface area contributed by atoms with Crippen molar-refractivity contribution in [3.63, 3.8) is 0 Å². The van der Waals surface area contributed by atoms with Gasteiger partial charge in [-0.1, -0.05) is 41.6 Å². The van der Waals surface area contributed by atoms with Gasteiger partial charge in [0.2, 0.25) is 5.16 Å². The molecule has 4 rings (SSSR count). The maximum Gasteiger partial charge on any atom is 0.345 e. The number of H-pyrrole nitrogens is 1. The van der Waals surface area contributed by atoms with E-state index in [1.54, 1.807) is 4.68 Å². The van der Waals surface area contributed by atoms with Crippen molar-refractivity contribution in [1.29, 1.82) is 0 Å². The number of methoxy groups -OCH3 is 1. The molecule has 9 nitrogen and oxygen atoms in total. The van der Waals surface area contributed by atoms with E-state index in [4.69, 9.17) is 4.74 Å². The Hall–Kier alpha value is -3.66. The largest absolute Gasteiger partial charge is 0.510 e. The quantitative estimate of drug-likeness (QED) is 0.204. The number of tetrazole rings is 1. The highest BCUT2D eigenvalue weighted by Crippen LogP contribution is 2.26. The van der Waals surface area contributed by atoms with Crippen LogP contribution in [-0.4, -0.2) is 54.1 Å². The molecular weight excluding hydrogens is 416 g/mol. The fourth-order valence-corrected chi connectivity index (χ4v) is 3.95. The van der Waals surface area contributed by atoms with Gasteiger partial charge in [-0.25, -0.2) is 9.78 Å². The second-order valence-corrected chi connectivity index (χ2v) is 7.81. The van der Waals surface area contributed by atoms with Gasteiger partial charge in [0.05, 0.1) is 29.6 Å². The van der Waals surface area contributed by atoms with Crippen molar-refractivity contribution in [1.82, 2.24) is 30.2 Å². The van der Waals surface area contributed by atoms with Gasteiger partial charge in [0, 0.05) is 0 Å². The topological polar surface area (TPSA) is 119 Å². The van der Waals surface area contributed by atoms with Crippen molar-refractivity contribution >= 4 is 34.3 Å². The second-order valence-electron chi connectivity index (χ2n) is 6.87. The number of hydrogen-bond acceptors (Lipinski definition) is 8. The molecule has 158 valence electrons. The van der Waals surface area contributed by atoms with E-state index in [1.165, 1.54) is 18.9 Å². The number of thioether (sulfide) groups is 1. The third-order valence-corrected chi connectivity index (χ3v) is 5.59. The molecule has 0 aliphatic rings. The zero-order chi connectivity index (χ0) is 22.0. The van der Waals surface area contributed by atoms with Crippen LogP contribution in [0.2, 0.25) is 0 Å². The summed E-state index contributed by atoms with van der Waals surface area (Å²) in [4.78, 5) is 19.9. The summed E-state index contributed by atoms with van der Waals surface area (Å²) < 4.78 is 6.47. The number of aliphatic hydroxyl groups is 1. The van der Waals surface area contributed by atoms with Crippen molar-refractivity contribution in [2.75, 3.05) is 12.9 Å². The number of aryl methyl sites for hydroxylation is 2. The Balaban J connectivity index is 1.65. The third kappa shape index (κ3) is 4.15. The minimum atomic E-state index is -0.689. The minimum Gasteiger partial charge on any atom is -0.510 e. The molecule has 0 saturated carbocycles. The van der Waals surface area contributed by atoms with E-state index in [0.29, 0.717) is 10.7 Å². The monoisotopic (exact) mass is 436 g/mol. The number of benzene rings is 2. The van der Waals surface area contributed by atoms with Crippen LogP contribution in [0.25, 0.3) is 22.3 Å². The van der Waals surface area contributed by atoms with Gasteiger partial charge in [-0.3, -0.25) is 0 Å². The molecule has 10 heteroatoms. The second kappa shape index (κ2) is 8.60. The van der Waals surface area contributed by atoms with Crippen LogP contribution in [0.15, 0.2) is 53.4 Å². The first-order chi connectivity index (χ1) is 15.0. The van der Waals surface area contributed by atoms with Gasteiger partial charge in [-0.2, -0.15) is 4.68 Å². The zero-order valence-electron chi connectivity index (χ0n) is 17.2. The molecule has 0 unspecified atom stereocenters. The Morgan fingerprint density at radius 3 is 2.77 bits per heavy atom. The van der Waals surface area contributed by atoms with Crippen molar-refractivity contribution in [3.05, 3.63) is 65.2 Å². The van der Waals surface area contributed by atoms with Gasteiger partial charge in [0.15, 0.2) is 0 Å². The first-order valence-electron chi connectivity index (χ1n) is 9.42. The molecule has 2 heterocycles. The number of esters is 1. The van der Waals surface area contributed by atoms with Crippen LogP contribution in [0, 0.1) is 13.8 Å². The number of para-hydroxylation sites is 2. The first kappa shape index (κ1) is 20.6. The van der Waals surface area contributed by atoms with E-state index in [-0.39, 0.29) is 22.9 Å². The Kier molecular flexibility index (Phi) is 5.72. The van der Waals surface area contributed by atoms with Crippen LogP contribution >= 0.6 is 11.8 Å². The highest BCUT2D eigenvalue weighted by Gasteiger charge is 2.23. The number of rotatable bonds is 6. The lowest BCUT2D eigenvalue weighted by atomic mass is 10.1. The van der Waals surface area contributed by atoms with E-state index >= 15 is 0 Å². The summed E-state index contributed by atoms with van der Waals surface area (Å²) in [6.07, 6.45) is 0. The lowest BCUT2D eigenvalue weighted by molar-refractivity contribution is -0.133. The molecule has 0 aliphatic heterocycles. The zero-order valence-corrected chi connectivity index (χ0v) is 18.0. The summed E-state index contributed by atoms with van der Waals surface area (Å²) in [5, 5.41) is 23.1. The summed E-state index contributed by atoms with van der Waals surface area (Å²) in [5.74, 6) is -0.593. The number of aromatic nitrogens is 6. The number of hydrogen-bond donors (Lipinski definition) is 2. The van der Waals surface area contributed by atoms with Gasteiger partial charge in [-0.15, -0.1) is 5.10 Å². The molecule has 0 atom stereocenters. The maximum atomic E-state index is 12.4. The number of carbonyl (C=O) groups excluding carboxylic acids is 1. The van der Waals surface area contributed by atoms with Crippen LogP contribution in [-0.2, 0) is 9.53 Å². The molecule has 0 fully saturated rings. The lowest BCUT2D eigenvalue weighted by Gasteiger charge is -2.09. The summed E-state index contributed by atoms with van der Waals surface area (Å²) in [7, 11) is 1.26. The van der Waals surface area contributed by atoms with Crippen LogP contribution in [0.1, 0.15) is 17.0 Å². The highest BCUT2D eigenvalue weighted by molar-refractivity contribution is 7.99. The molecule has 0 aliphatic carbocycles. The molecule has 31 heavy (non-hydrogen) atoms. The number of aliphatic hydroxyl groups excluding tert-OH is 1. The molecule has 2 N–H and O–H groups in total. The predicted octanol–water partition coefficient (Wildman–Crippen LogP) is 3.39. The molecule has 0 saturated heterocycles. The Morgan fingerprint density at radius 1 is 1.23 bits per heavy atom. The molecule has 2 aromatic heterocycles. The minimum absolute atomic E-state index is 0.0308. The summed E-state index contributed by atoms with van der Waals surface area (Å²) in [6, 6.07) is 13.3. The number of nitrogens with zero attached hydrogens (tertiary/aromatic N) is 5. The lowest BCUT2D eigenvalue weighted by Crippen LogP contribution is -2.10. The number of carbonyl (C=O) groups is 1. The fourth-order valence-electron chi connectivity index (χ4n) is 3.19. The molecule has 0 spiro atoms. The molecule has 0 bridgehead atoms. The first-order valence-corrected chi connectivity index (χ1v) is 10.4. The highest BCUT2D eigenvalue weighted by atomic mass is 32.2. The van der Waals surface area contributed by atoms with Crippen LogP contribution in [0.5, 0.6) is 0 Å². The normalized spacial score (nSPS) is 12.1. The van der Waals surface area contributed by atoms with Crippen molar-refractivity contribution in [2.24, 2.45) is 0 Å². The number of imidazole rings is 1. The van der Waals surface area contributed by atoms with Crippen LogP contribution in [0.3, 0.4) is 0 Å². The van der Waals surface area contributed by atoms with E-state index in [0.717, 1.165) is 22.3 Å². The Bertz CT molecular complexity index is 1260. The van der Waals surface area contributed by atoms with E-state index in [9.17, 15) is 9.90 Å². The average Bonchev–Trinajstić information content (AvgIpc) is 3.39. The molecule has 4 aromatic rings. The van der Waals surface area contributed by atoms with Crippen LogP contribution < -0.4 is 0 Å². The molecule has 0 radical (unpaired) electrons. The van der Waals surface area contributed by atoms with Gasteiger partial charge in [0.1, 0.15) is 17.2 Å². The van der Waals surface area contributed by atoms with Crippen molar-refractivity contribution < 1.29 is 14.6 Å². The average molecular weight is 436 g/mol. The van der Waals surface area contributed by atoms with Crippen LogP contribution in [0.4, 0.5) is 0 Å².